The quantitative estimate of drug-likeness (QED) is 0.832. The first kappa shape index (κ1) is 11.0. The molecule has 0 bridgehead atoms. The third-order valence-corrected chi connectivity index (χ3v) is 2.39. The summed E-state index contributed by atoms with van der Waals surface area (Å²) < 4.78 is 13.9. The van der Waals surface area contributed by atoms with E-state index in [2.05, 4.69) is 0 Å². The lowest BCUT2D eigenvalue weighted by Gasteiger charge is -2.06. The van der Waals surface area contributed by atoms with Crippen molar-refractivity contribution in [3.63, 3.8) is 0 Å². The van der Waals surface area contributed by atoms with Crippen LogP contribution in [-0.2, 0) is 6.42 Å². The second-order valence-electron chi connectivity index (χ2n) is 3.50. The highest BCUT2D eigenvalue weighted by Gasteiger charge is 2.14. The number of hydrogen-bond acceptors (Lipinski definition) is 3. The van der Waals surface area contributed by atoms with Crippen LogP contribution >= 0.6 is 0 Å². The van der Waals surface area contributed by atoms with Crippen LogP contribution in [0.1, 0.15) is 5.56 Å². The molecule has 1 aromatic heterocycles. The van der Waals surface area contributed by atoms with Crippen molar-refractivity contribution in [1.29, 1.82) is 5.26 Å². The van der Waals surface area contributed by atoms with Crippen LogP contribution in [0.4, 0.5) is 4.39 Å². The molecule has 0 unspecified atom stereocenters. The summed E-state index contributed by atoms with van der Waals surface area (Å²) in [6.45, 7) is 0. The molecule has 5 heteroatoms. The third-order valence-electron chi connectivity index (χ3n) is 2.39. The lowest BCUT2D eigenvalue weighted by molar-refractivity contribution is 0.401. The maximum absolute atomic E-state index is 12.8. The van der Waals surface area contributed by atoms with Crippen LogP contribution in [0.25, 0.3) is 5.69 Å². The average Bonchev–Trinajstić information content (AvgIpc) is 2.57. The largest absolute Gasteiger partial charge is 0.494 e. The number of aromatic hydroxyl groups is 2. The second-order valence-corrected chi connectivity index (χ2v) is 3.50. The van der Waals surface area contributed by atoms with Crippen molar-refractivity contribution in [2.24, 2.45) is 0 Å². The van der Waals surface area contributed by atoms with Crippen LogP contribution in [0.3, 0.4) is 0 Å². The molecule has 2 aromatic rings. The summed E-state index contributed by atoms with van der Waals surface area (Å²) >= 11 is 0. The molecule has 0 atom stereocenters. The fraction of sp³-hybridized carbons (Fsp3) is 0.0833. The highest BCUT2D eigenvalue weighted by molar-refractivity contribution is 5.47. The SMILES string of the molecule is N#CCc1cc(O)n(-c2ccc(F)cc2)c1O. The fourth-order valence-corrected chi connectivity index (χ4v) is 1.60. The van der Waals surface area contributed by atoms with Gasteiger partial charge in [-0.2, -0.15) is 5.26 Å². The Bertz CT molecular complexity index is 582. The molecular weight excluding hydrogens is 223 g/mol. The average molecular weight is 232 g/mol. The Balaban J connectivity index is 2.52. The lowest BCUT2D eigenvalue weighted by Crippen LogP contribution is -1.93. The molecule has 0 fully saturated rings. The molecule has 86 valence electrons. The Hall–Kier alpha value is -2.48. The Labute approximate surface area is 96.8 Å². The maximum atomic E-state index is 12.8. The van der Waals surface area contributed by atoms with Crippen molar-refractivity contribution in [2.45, 2.75) is 6.42 Å². The van der Waals surface area contributed by atoms with Gasteiger partial charge in [0.1, 0.15) is 5.82 Å². The van der Waals surface area contributed by atoms with E-state index in [4.69, 9.17) is 5.26 Å². The molecule has 4 nitrogen and oxygen atoms in total. The van der Waals surface area contributed by atoms with Crippen molar-refractivity contribution < 1.29 is 14.6 Å². The lowest BCUT2D eigenvalue weighted by atomic mass is 10.2. The maximum Gasteiger partial charge on any atom is 0.202 e. The molecule has 0 radical (unpaired) electrons. The van der Waals surface area contributed by atoms with Crippen LogP contribution in [0.5, 0.6) is 11.8 Å². The molecule has 2 N–H and O–H groups in total. The molecule has 0 saturated heterocycles. The van der Waals surface area contributed by atoms with Gasteiger partial charge in [0.15, 0.2) is 5.88 Å². The van der Waals surface area contributed by atoms with E-state index in [1.54, 1.807) is 0 Å². The summed E-state index contributed by atoms with van der Waals surface area (Å²) in [4.78, 5) is 0. The summed E-state index contributed by atoms with van der Waals surface area (Å²) in [5.41, 5.74) is 0.750. The van der Waals surface area contributed by atoms with Crippen LogP contribution in [0.15, 0.2) is 30.3 Å². The Morgan fingerprint density at radius 1 is 1.24 bits per heavy atom. The zero-order chi connectivity index (χ0) is 12.4. The van der Waals surface area contributed by atoms with E-state index in [0.29, 0.717) is 11.3 Å². The van der Waals surface area contributed by atoms with E-state index >= 15 is 0 Å². The van der Waals surface area contributed by atoms with Gasteiger partial charge in [0.2, 0.25) is 5.88 Å². The van der Waals surface area contributed by atoms with Crippen molar-refractivity contribution in [1.82, 2.24) is 4.57 Å². The van der Waals surface area contributed by atoms with Crippen molar-refractivity contribution in [3.8, 4) is 23.5 Å². The summed E-state index contributed by atoms with van der Waals surface area (Å²) in [7, 11) is 0. The predicted molar refractivity (Wildman–Crippen MR) is 58.4 cm³/mol. The van der Waals surface area contributed by atoms with E-state index in [9.17, 15) is 14.6 Å². The number of nitriles is 1. The smallest absolute Gasteiger partial charge is 0.202 e. The first-order chi connectivity index (χ1) is 8.13. The number of rotatable bonds is 2. The van der Waals surface area contributed by atoms with Crippen LogP contribution < -0.4 is 0 Å². The molecular formula is C12H9FN2O2. The van der Waals surface area contributed by atoms with Crippen LogP contribution in [-0.4, -0.2) is 14.8 Å². The molecule has 2 rings (SSSR count). The highest BCUT2D eigenvalue weighted by Crippen LogP contribution is 2.31. The van der Waals surface area contributed by atoms with Gasteiger partial charge in [0.05, 0.1) is 18.2 Å². The zero-order valence-corrected chi connectivity index (χ0v) is 8.76. The van der Waals surface area contributed by atoms with Gasteiger partial charge in [-0.05, 0) is 24.3 Å². The van der Waals surface area contributed by atoms with Gasteiger partial charge in [-0.3, -0.25) is 4.57 Å². The summed E-state index contributed by atoms with van der Waals surface area (Å²) in [6, 6.07) is 8.47. The minimum atomic E-state index is -0.405. The molecule has 1 aromatic carbocycles. The molecule has 0 aliphatic heterocycles. The monoisotopic (exact) mass is 232 g/mol. The standard InChI is InChI=1S/C12H9FN2O2/c13-9-1-3-10(4-2-9)15-11(16)7-8(5-6-14)12(15)17/h1-4,7,16-17H,5H2. The van der Waals surface area contributed by atoms with E-state index in [1.807, 2.05) is 6.07 Å². The number of aromatic nitrogens is 1. The molecule has 0 spiro atoms. The molecule has 0 saturated carbocycles. The number of hydrogen-bond donors (Lipinski definition) is 2. The summed E-state index contributed by atoms with van der Waals surface area (Å²) in [5.74, 6) is -0.813. The molecule has 0 aliphatic rings. The third kappa shape index (κ3) is 1.93. The highest BCUT2D eigenvalue weighted by atomic mass is 19.1. The van der Waals surface area contributed by atoms with Crippen molar-refractivity contribution >= 4 is 0 Å². The zero-order valence-electron chi connectivity index (χ0n) is 8.76. The Morgan fingerprint density at radius 2 is 1.88 bits per heavy atom. The minimum Gasteiger partial charge on any atom is -0.494 e. The summed E-state index contributed by atoms with van der Waals surface area (Å²) in [5, 5.41) is 28.0. The van der Waals surface area contributed by atoms with Crippen molar-refractivity contribution in [3.05, 3.63) is 41.7 Å². The van der Waals surface area contributed by atoms with E-state index in [1.165, 1.54) is 30.3 Å². The normalized spacial score (nSPS) is 10.1. The van der Waals surface area contributed by atoms with Crippen LogP contribution in [0, 0.1) is 17.1 Å². The second kappa shape index (κ2) is 4.18. The van der Waals surface area contributed by atoms with Gasteiger partial charge < -0.3 is 10.2 Å². The van der Waals surface area contributed by atoms with E-state index < -0.39 is 5.82 Å². The van der Waals surface area contributed by atoms with Gasteiger partial charge in [-0.25, -0.2) is 4.39 Å². The van der Waals surface area contributed by atoms with E-state index in [-0.39, 0.29) is 18.2 Å². The number of nitrogens with zero attached hydrogens (tertiary/aromatic N) is 2. The van der Waals surface area contributed by atoms with Gasteiger partial charge in [-0.1, -0.05) is 0 Å². The number of benzene rings is 1. The van der Waals surface area contributed by atoms with Crippen molar-refractivity contribution in [2.75, 3.05) is 0 Å². The van der Waals surface area contributed by atoms with Gasteiger partial charge in [-0.15, -0.1) is 0 Å². The predicted octanol–water partition coefficient (Wildman–Crippen LogP) is 2.09. The Kier molecular flexibility index (Phi) is 2.71. The van der Waals surface area contributed by atoms with Gasteiger partial charge in [0, 0.05) is 11.6 Å². The summed E-state index contributed by atoms with van der Waals surface area (Å²) in [6.07, 6.45) is -0.00636. The van der Waals surface area contributed by atoms with Crippen LogP contribution in [0.2, 0.25) is 0 Å². The molecule has 0 amide bonds. The minimum absolute atomic E-state index is 0.00636. The number of halogens is 1. The first-order valence-corrected chi connectivity index (χ1v) is 4.89. The molecule has 0 aliphatic carbocycles. The molecule has 1 heterocycles. The van der Waals surface area contributed by atoms with E-state index in [0.717, 1.165) is 4.57 Å². The first-order valence-electron chi connectivity index (χ1n) is 4.89. The Morgan fingerprint density at radius 3 is 2.47 bits per heavy atom. The fourth-order valence-electron chi connectivity index (χ4n) is 1.60. The molecule has 17 heavy (non-hydrogen) atoms. The van der Waals surface area contributed by atoms with Gasteiger partial charge in [0.25, 0.3) is 0 Å². The van der Waals surface area contributed by atoms with Gasteiger partial charge >= 0.3 is 0 Å². The topological polar surface area (TPSA) is 69.2 Å².